The number of hydrogen-bond donors (Lipinski definition) is 2. The summed E-state index contributed by atoms with van der Waals surface area (Å²) >= 11 is 0. The fourth-order valence-electron chi connectivity index (χ4n) is 1.81. The number of alkyl carbamates (subject to hydrolysis) is 1. The molecule has 0 heterocycles. The van der Waals surface area contributed by atoms with E-state index in [4.69, 9.17) is 10.5 Å². The third kappa shape index (κ3) is 9.61. The molecule has 0 spiro atoms. The third-order valence-corrected chi connectivity index (χ3v) is 3.26. The van der Waals surface area contributed by atoms with Crippen molar-refractivity contribution in [3.63, 3.8) is 0 Å². The molecule has 1 amide bonds. The largest absolute Gasteiger partial charge is 0.466 e. The molecule has 6 heteroatoms. The molecule has 0 aliphatic rings. The second kappa shape index (κ2) is 11.5. The Labute approximate surface area is 121 Å². The first-order valence-electron chi connectivity index (χ1n) is 7.20. The van der Waals surface area contributed by atoms with Crippen LogP contribution in [0.2, 0.25) is 0 Å². The molecule has 0 aromatic rings. The Morgan fingerprint density at radius 1 is 1.35 bits per heavy atom. The van der Waals surface area contributed by atoms with Crippen LogP contribution in [0.4, 0.5) is 4.79 Å². The van der Waals surface area contributed by atoms with E-state index in [-0.39, 0.29) is 11.9 Å². The number of methoxy groups -OCH3 is 1. The number of ether oxygens (including phenoxy) is 2. The van der Waals surface area contributed by atoms with Gasteiger partial charge in [0.2, 0.25) is 0 Å². The highest BCUT2D eigenvalue weighted by atomic mass is 16.5. The normalized spacial score (nSPS) is 13.4. The van der Waals surface area contributed by atoms with Crippen molar-refractivity contribution in [1.82, 2.24) is 5.32 Å². The number of hydrogen-bond acceptors (Lipinski definition) is 5. The van der Waals surface area contributed by atoms with Crippen LogP contribution in [0.3, 0.4) is 0 Å². The summed E-state index contributed by atoms with van der Waals surface area (Å²) in [7, 11) is 1.31. The van der Waals surface area contributed by atoms with E-state index in [0.717, 1.165) is 12.8 Å². The van der Waals surface area contributed by atoms with Crippen molar-refractivity contribution in [2.45, 2.75) is 39.5 Å². The van der Waals surface area contributed by atoms with Gasteiger partial charge in [0, 0.05) is 13.0 Å². The molecule has 0 saturated carbocycles. The standard InChI is InChI=1S/C14H28N2O4/c1-4-11(2)8-12(10-15)9-13(17)20-7-5-6-16-14(18)19-3/h11-12H,4-10,15H2,1-3H3,(H,16,18). The lowest BCUT2D eigenvalue weighted by atomic mass is 9.92. The zero-order chi connectivity index (χ0) is 15.4. The number of nitrogens with two attached hydrogens (primary N) is 1. The summed E-state index contributed by atoms with van der Waals surface area (Å²) in [4.78, 5) is 22.4. The van der Waals surface area contributed by atoms with Gasteiger partial charge in [-0.15, -0.1) is 0 Å². The highest BCUT2D eigenvalue weighted by Crippen LogP contribution is 2.17. The average Bonchev–Trinajstić information content (AvgIpc) is 2.45. The van der Waals surface area contributed by atoms with E-state index in [9.17, 15) is 9.59 Å². The van der Waals surface area contributed by atoms with Crippen LogP contribution < -0.4 is 11.1 Å². The second-order valence-electron chi connectivity index (χ2n) is 5.05. The molecule has 0 radical (unpaired) electrons. The molecule has 2 atom stereocenters. The summed E-state index contributed by atoms with van der Waals surface area (Å²) in [6.07, 6.45) is 2.50. The Balaban J connectivity index is 3.72. The van der Waals surface area contributed by atoms with Crippen molar-refractivity contribution >= 4 is 12.1 Å². The maximum absolute atomic E-state index is 11.6. The van der Waals surface area contributed by atoms with Crippen molar-refractivity contribution in [2.75, 3.05) is 26.8 Å². The Kier molecular flexibility index (Phi) is 10.8. The van der Waals surface area contributed by atoms with Gasteiger partial charge >= 0.3 is 12.1 Å². The highest BCUT2D eigenvalue weighted by Gasteiger charge is 2.16. The van der Waals surface area contributed by atoms with Gasteiger partial charge in [0.1, 0.15) is 0 Å². The predicted molar refractivity (Wildman–Crippen MR) is 77.2 cm³/mol. The minimum atomic E-state index is -0.479. The number of carbonyl (C=O) groups excluding carboxylic acids is 2. The summed E-state index contributed by atoms with van der Waals surface area (Å²) in [5.74, 6) is 0.535. The Morgan fingerprint density at radius 2 is 2.05 bits per heavy atom. The van der Waals surface area contributed by atoms with Crippen molar-refractivity contribution in [3.8, 4) is 0 Å². The minimum absolute atomic E-state index is 0.186. The lowest BCUT2D eigenvalue weighted by molar-refractivity contribution is -0.144. The quantitative estimate of drug-likeness (QED) is 0.471. The van der Waals surface area contributed by atoms with E-state index in [0.29, 0.717) is 38.5 Å². The SMILES string of the molecule is CCC(C)CC(CN)CC(=O)OCCCNC(=O)OC. The van der Waals surface area contributed by atoms with Gasteiger partial charge in [-0.05, 0) is 31.2 Å². The first-order chi connectivity index (χ1) is 9.53. The third-order valence-electron chi connectivity index (χ3n) is 3.26. The lowest BCUT2D eigenvalue weighted by Gasteiger charge is -2.17. The molecular weight excluding hydrogens is 260 g/mol. The Hall–Kier alpha value is -1.30. The Bertz CT molecular complexity index is 284. The topological polar surface area (TPSA) is 90.7 Å². The summed E-state index contributed by atoms with van der Waals surface area (Å²) < 4.78 is 9.54. The van der Waals surface area contributed by atoms with E-state index in [1.54, 1.807) is 0 Å². The van der Waals surface area contributed by atoms with Gasteiger partial charge in [0.25, 0.3) is 0 Å². The fraction of sp³-hybridized carbons (Fsp3) is 0.857. The molecule has 3 N–H and O–H groups in total. The maximum Gasteiger partial charge on any atom is 0.406 e. The number of esters is 1. The first-order valence-corrected chi connectivity index (χ1v) is 7.20. The van der Waals surface area contributed by atoms with E-state index in [1.807, 2.05) is 0 Å². The number of amides is 1. The molecule has 0 aromatic carbocycles. The number of rotatable bonds is 10. The zero-order valence-electron chi connectivity index (χ0n) is 12.8. The summed E-state index contributed by atoms with van der Waals surface area (Å²) in [6.45, 7) is 5.51. The summed E-state index contributed by atoms with van der Waals surface area (Å²) in [6, 6.07) is 0. The van der Waals surface area contributed by atoms with Gasteiger partial charge in [0.05, 0.1) is 13.7 Å². The van der Waals surface area contributed by atoms with Gasteiger partial charge in [0.15, 0.2) is 0 Å². The van der Waals surface area contributed by atoms with Crippen LogP contribution in [0, 0.1) is 11.8 Å². The smallest absolute Gasteiger partial charge is 0.406 e. The lowest BCUT2D eigenvalue weighted by Crippen LogP contribution is -2.25. The van der Waals surface area contributed by atoms with E-state index in [2.05, 4.69) is 23.9 Å². The van der Waals surface area contributed by atoms with Gasteiger partial charge < -0.3 is 20.5 Å². The summed E-state index contributed by atoms with van der Waals surface area (Å²) in [5.41, 5.74) is 5.68. The van der Waals surface area contributed by atoms with E-state index >= 15 is 0 Å². The van der Waals surface area contributed by atoms with Gasteiger partial charge in [-0.2, -0.15) is 0 Å². The van der Waals surface area contributed by atoms with Gasteiger partial charge in [-0.3, -0.25) is 4.79 Å². The monoisotopic (exact) mass is 288 g/mol. The molecule has 20 heavy (non-hydrogen) atoms. The van der Waals surface area contributed by atoms with E-state index in [1.165, 1.54) is 7.11 Å². The van der Waals surface area contributed by atoms with Crippen molar-refractivity contribution in [3.05, 3.63) is 0 Å². The highest BCUT2D eigenvalue weighted by molar-refractivity contribution is 5.69. The second-order valence-corrected chi connectivity index (χ2v) is 5.05. The number of nitrogens with one attached hydrogen (secondary N) is 1. The van der Waals surface area contributed by atoms with Crippen molar-refractivity contribution < 1.29 is 19.1 Å². The van der Waals surface area contributed by atoms with Crippen LogP contribution in [0.25, 0.3) is 0 Å². The van der Waals surface area contributed by atoms with Gasteiger partial charge in [-0.1, -0.05) is 20.3 Å². The van der Waals surface area contributed by atoms with Crippen molar-refractivity contribution in [1.29, 1.82) is 0 Å². The van der Waals surface area contributed by atoms with Crippen LogP contribution in [-0.4, -0.2) is 38.9 Å². The van der Waals surface area contributed by atoms with E-state index < -0.39 is 6.09 Å². The number of carbonyl (C=O) groups is 2. The van der Waals surface area contributed by atoms with Crippen LogP contribution >= 0.6 is 0 Å². The molecule has 2 unspecified atom stereocenters. The molecular formula is C14H28N2O4. The Morgan fingerprint density at radius 3 is 2.60 bits per heavy atom. The van der Waals surface area contributed by atoms with Crippen LogP contribution in [0.15, 0.2) is 0 Å². The zero-order valence-corrected chi connectivity index (χ0v) is 12.8. The molecule has 0 aliphatic heterocycles. The molecule has 0 bridgehead atoms. The minimum Gasteiger partial charge on any atom is -0.466 e. The molecule has 0 fully saturated rings. The first kappa shape index (κ1) is 18.7. The van der Waals surface area contributed by atoms with Crippen LogP contribution in [0.1, 0.15) is 39.5 Å². The molecule has 0 aliphatic carbocycles. The molecule has 6 nitrogen and oxygen atoms in total. The molecule has 0 aromatic heterocycles. The molecule has 118 valence electrons. The fourth-order valence-corrected chi connectivity index (χ4v) is 1.81. The van der Waals surface area contributed by atoms with Gasteiger partial charge in [-0.25, -0.2) is 4.79 Å². The average molecular weight is 288 g/mol. The predicted octanol–water partition coefficient (Wildman–Crippen LogP) is 1.68. The van der Waals surface area contributed by atoms with Crippen LogP contribution in [0.5, 0.6) is 0 Å². The summed E-state index contributed by atoms with van der Waals surface area (Å²) in [5, 5.41) is 2.52. The van der Waals surface area contributed by atoms with Crippen molar-refractivity contribution in [2.24, 2.45) is 17.6 Å². The van der Waals surface area contributed by atoms with Crippen LogP contribution in [-0.2, 0) is 14.3 Å². The molecule has 0 saturated heterocycles. The molecule has 0 rings (SSSR count). The maximum atomic E-state index is 11.6.